The number of nitrogens with zero attached hydrogens (tertiary/aromatic N) is 5. The van der Waals surface area contributed by atoms with Gasteiger partial charge in [-0.25, -0.2) is 19.7 Å². The number of amides is 1. The van der Waals surface area contributed by atoms with Crippen molar-refractivity contribution in [1.82, 2.24) is 24.4 Å². The van der Waals surface area contributed by atoms with Crippen LogP contribution in [0.4, 0.5) is 10.6 Å². The van der Waals surface area contributed by atoms with E-state index in [4.69, 9.17) is 9.47 Å². The van der Waals surface area contributed by atoms with Gasteiger partial charge in [-0.1, -0.05) is 30.3 Å². The summed E-state index contributed by atoms with van der Waals surface area (Å²) in [4.78, 5) is 27.9. The number of anilines is 1. The summed E-state index contributed by atoms with van der Waals surface area (Å²) in [5.74, 6) is 0.514. The van der Waals surface area contributed by atoms with Gasteiger partial charge in [0.05, 0.1) is 25.0 Å². The fraction of sp³-hybridized carbons (Fsp3) is 0.500. The number of carbonyl (C=O) groups excluding carboxylic acids is 1. The van der Waals surface area contributed by atoms with Gasteiger partial charge in [0, 0.05) is 6.04 Å². The molecule has 3 fully saturated rings. The first-order valence-electron chi connectivity index (χ1n) is 12.1. The predicted molar refractivity (Wildman–Crippen MR) is 126 cm³/mol. The second-order valence-corrected chi connectivity index (χ2v) is 9.51. The third kappa shape index (κ3) is 3.86. The molecule has 3 saturated heterocycles. The van der Waals surface area contributed by atoms with Crippen molar-refractivity contribution in [3.05, 3.63) is 48.5 Å². The average molecular weight is 497 g/mol. The van der Waals surface area contributed by atoms with Crippen LogP contribution in [-0.2, 0) is 16.1 Å². The van der Waals surface area contributed by atoms with E-state index < -0.39 is 31.1 Å². The van der Waals surface area contributed by atoms with E-state index in [0.29, 0.717) is 17.0 Å². The van der Waals surface area contributed by atoms with E-state index in [0.717, 1.165) is 24.8 Å². The Hall–Kier alpha value is -3.32. The molecule has 0 radical (unpaired) electrons. The third-order valence-corrected chi connectivity index (χ3v) is 7.42. The number of benzene rings is 1. The lowest BCUT2D eigenvalue weighted by Gasteiger charge is -2.25. The Morgan fingerprint density at radius 2 is 1.97 bits per heavy atom. The highest BCUT2D eigenvalue weighted by atomic mass is 16.6. The number of carbonyl (C=O) groups is 1. The first-order chi connectivity index (χ1) is 17.5. The minimum Gasteiger partial charge on any atom is -0.445 e. The zero-order chi connectivity index (χ0) is 24.8. The Labute approximate surface area is 206 Å². The van der Waals surface area contributed by atoms with E-state index in [-0.39, 0.29) is 30.8 Å². The molecular formula is C24H28N6O6. The standard InChI is InChI=1S/C24H28N6O6/c31-9-17-19(32)20(33)23(36-17)29-12-27-18-21(25-11-26-22(18)29)28-15-8-14-6-7-16(15)30(14)24(34)35-10-13-4-2-1-3-5-13/h1-5,11-12,14-17,19-20,23,31-33H,6-10H2,(H,25,26,28)/t14?,15?,16?,17-,19-,20-,23-/m1/s1. The van der Waals surface area contributed by atoms with Gasteiger partial charge in [0.15, 0.2) is 23.2 Å². The van der Waals surface area contributed by atoms with Crippen molar-refractivity contribution in [1.29, 1.82) is 0 Å². The minimum atomic E-state index is -1.24. The monoisotopic (exact) mass is 496 g/mol. The molecule has 12 nitrogen and oxygen atoms in total. The van der Waals surface area contributed by atoms with Crippen LogP contribution in [0.2, 0.25) is 0 Å². The van der Waals surface area contributed by atoms with Crippen LogP contribution in [0.1, 0.15) is 31.1 Å². The van der Waals surface area contributed by atoms with E-state index in [1.807, 2.05) is 35.2 Å². The molecule has 3 aliphatic rings. The number of aliphatic hydroxyl groups excluding tert-OH is 3. The Bertz CT molecular complexity index is 1240. The maximum Gasteiger partial charge on any atom is 0.410 e. The molecule has 4 N–H and O–H groups in total. The zero-order valence-corrected chi connectivity index (χ0v) is 19.4. The summed E-state index contributed by atoms with van der Waals surface area (Å²) in [6.07, 6.45) is 0.818. The van der Waals surface area contributed by atoms with Crippen LogP contribution in [0.25, 0.3) is 11.2 Å². The summed E-state index contributed by atoms with van der Waals surface area (Å²) in [5.41, 5.74) is 1.85. The Morgan fingerprint density at radius 1 is 1.14 bits per heavy atom. The van der Waals surface area contributed by atoms with E-state index >= 15 is 0 Å². The maximum absolute atomic E-state index is 12.9. The molecule has 7 atom stereocenters. The first-order valence-corrected chi connectivity index (χ1v) is 12.1. The number of ether oxygens (including phenoxy) is 2. The van der Waals surface area contributed by atoms with Gasteiger partial charge in [-0.3, -0.25) is 4.57 Å². The van der Waals surface area contributed by atoms with Crippen LogP contribution in [0.15, 0.2) is 43.0 Å². The summed E-state index contributed by atoms with van der Waals surface area (Å²) >= 11 is 0. The van der Waals surface area contributed by atoms with Crippen LogP contribution >= 0.6 is 0 Å². The normalized spacial score (nSPS) is 31.3. The van der Waals surface area contributed by atoms with Crippen LogP contribution in [0.5, 0.6) is 0 Å². The summed E-state index contributed by atoms with van der Waals surface area (Å²) in [5, 5.41) is 33.4. The molecule has 190 valence electrons. The topological polar surface area (TPSA) is 155 Å². The molecule has 1 aromatic carbocycles. The van der Waals surface area contributed by atoms with Crippen LogP contribution in [0.3, 0.4) is 0 Å². The zero-order valence-electron chi connectivity index (χ0n) is 19.4. The molecule has 0 aliphatic carbocycles. The largest absolute Gasteiger partial charge is 0.445 e. The number of aliphatic hydroxyl groups is 3. The lowest BCUT2D eigenvalue weighted by molar-refractivity contribution is -0.0511. The Morgan fingerprint density at radius 3 is 2.75 bits per heavy atom. The summed E-state index contributed by atoms with van der Waals surface area (Å²) in [6, 6.07) is 9.66. The summed E-state index contributed by atoms with van der Waals surface area (Å²) in [6.45, 7) is -0.184. The average Bonchev–Trinajstić information content (AvgIpc) is 3.66. The van der Waals surface area contributed by atoms with E-state index in [1.165, 1.54) is 17.2 Å². The molecule has 0 spiro atoms. The second-order valence-electron chi connectivity index (χ2n) is 9.51. The molecule has 5 heterocycles. The molecule has 12 heteroatoms. The molecule has 6 rings (SSSR count). The molecule has 2 aromatic heterocycles. The molecule has 0 saturated carbocycles. The number of fused-ring (bicyclic) bond motifs is 3. The Kier molecular flexibility index (Phi) is 5.96. The lowest BCUT2D eigenvalue weighted by Crippen LogP contribution is -2.40. The highest BCUT2D eigenvalue weighted by molar-refractivity contribution is 5.83. The van der Waals surface area contributed by atoms with Gasteiger partial charge >= 0.3 is 6.09 Å². The number of aromatic nitrogens is 4. The number of hydrogen-bond donors (Lipinski definition) is 4. The van der Waals surface area contributed by atoms with Crippen molar-refractivity contribution in [3.63, 3.8) is 0 Å². The molecule has 36 heavy (non-hydrogen) atoms. The molecule has 2 bridgehead atoms. The van der Waals surface area contributed by atoms with E-state index in [1.54, 1.807) is 0 Å². The fourth-order valence-corrected chi connectivity index (χ4v) is 5.65. The molecule has 3 unspecified atom stereocenters. The van der Waals surface area contributed by atoms with Gasteiger partial charge < -0.3 is 35.0 Å². The van der Waals surface area contributed by atoms with E-state index in [2.05, 4.69) is 20.3 Å². The van der Waals surface area contributed by atoms with Crippen molar-refractivity contribution < 1.29 is 29.6 Å². The second kappa shape index (κ2) is 9.28. The van der Waals surface area contributed by atoms with Gasteiger partial charge in [0.1, 0.15) is 31.2 Å². The van der Waals surface area contributed by atoms with Crippen molar-refractivity contribution >= 4 is 23.1 Å². The maximum atomic E-state index is 12.9. The molecule has 1 amide bonds. The highest BCUT2D eigenvalue weighted by Gasteiger charge is 2.50. The van der Waals surface area contributed by atoms with Gasteiger partial charge in [-0.2, -0.15) is 0 Å². The minimum absolute atomic E-state index is 0.0224. The van der Waals surface area contributed by atoms with Crippen molar-refractivity contribution in [2.24, 2.45) is 0 Å². The molecule has 3 aliphatic heterocycles. The van der Waals surface area contributed by atoms with Crippen LogP contribution < -0.4 is 5.32 Å². The fourth-order valence-electron chi connectivity index (χ4n) is 5.65. The molecular weight excluding hydrogens is 468 g/mol. The first kappa shape index (κ1) is 23.1. The van der Waals surface area contributed by atoms with E-state index in [9.17, 15) is 20.1 Å². The van der Waals surface area contributed by atoms with Gasteiger partial charge in [-0.05, 0) is 24.8 Å². The van der Waals surface area contributed by atoms with Crippen molar-refractivity contribution in [3.8, 4) is 0 Å². The Balaban J connectivity index is 1.17. The van der Waals surface area contributed by atoms with Gasteiger partial charge in [0.2, 0.25) is 0 Å². The highest BCUT2D eigenvalue weighted by Crippen LogP contribution is 2.40. The van der Waals surface area contributed by atoms with Crippen LogP contribution in [-0.4, -0.2) is 88.9 Å². The molecule has 3 aromatic rings. The lowest BCUT2D eigenvalue weighted by atomic mass is 9.95. The smallest absolute Gasteiger partial charge is 0.410 e. The number of imidazole rings is 1. The van der Waals surface area contributed by atoms with Gasteiger partial charge in [-0.15, -0.1) is 0 Å². The third-order valence-electron chi connectivity index (χ3n) is 7.42. The number of nitrogens with one attached hydrogen (secondary N) is 1. The van der Waals surface area contributed by atoms with Crippen molar-refractivity contribution in [2.75, 3.05) is 11.9 Å². The predicted octanol–water partition coefficient (Wildman–Crippen LogP) is 0.792. The number of rotatable bonds is 6. The van der Waals surface area contributed by atoms with Crippen LogP contribution in [0, 0.1) is 0 Å². The quantitative estimate of drug-likeness (QED) is 0.385. The summed E-state index contributed by atoms with van der Waals surface area (Å²) in [7, 11) is 0. The van der Waals surface area contributed by atoms with Crippen molar-refractivity contribution in [2.45, 2.75) is 68.5 Å². The SMILES string of the molecule is O=C(OCc1ccccc1)N1C2CCC1C(Nc1ncnc3c1ncn3[C@@H]1O[C@H](CO)[C@@H](O)[C@H]1O)C2. The summed E-state index contributed by atoms with van der Waals surface area (Å²) < 4.78 is 12.8. The van der Waals surface area contributed by atoms with Gasteiger partial charge in [0.25, 0.3) is 0 Å². The number of hydrogen-bond acceptors (Lipinski definition) is 10.